The van der Waals surface area contributed by atoms with Gasteiger partial charge in [0.1, 0.15) is 5.75 Å². The summed E-state index contributed by atoms with van der Waals surface area (Å²) in [5.41, 5.74) is 2.31. The summed E-state index contributed by atoms with van der Waals surface area (Å²) in [7, 11) is 5.08. The Morgan fingerprint density at radius 1 is 1.13 bits per heavy atom. The third-order valence-electron chi connectivity index (χ3n) is 5.14. The zero-order valence-electron chi connectivity index (χ0n) is 17.9. The lowest BCUT2D eigenvalue weighted by molar-refractivity contribution is 0.0170. The Bertz CT molecular complexity index is 807. The van der Waals surface area contributed by atoms with Crippen LogP contribution in [0.5, 0.6) is 11.6 Å². The van der Waals surface area contributed by atoms with E-state index in [9.17, 15) is 0 Å². The second-order valence-electron chi connectivity index (χ2n) is 6.95. The van der Waals surface area contributed by atoms with Gasteiger partial charge in [0.05, 0.1) is 33.5 Å². The third-order valence-corrected chi connectivity index (χ3v) is 5.14. The van der Waals surface area contributed by atoms with E-state index in [4.69, 9.17) is 14.2 Å². The van der Waals surface area contributed by atoms with Gasteiger partial charge in [0, 0.05) is 45.5 Å². The highest BCUT2D eigenvalue weighted by Gasteiger charge is 2.23. The molecule has 0 aliphatic carbocycles. The van der Waals surface area contributed by atoms with E-state index in [1.807, 2.05) is 24.3 Å². The van der Waals surface area contributed by atoms with Gasteiger partial charge in [-0.3, -0.25) is 9.89 Å². The molecule has 0 amide bonds. The van der Waals surface area contributed by atoms with Gasteiger partial charge in [-0.25, -0.2) is 4.98 Å². The normalized spacial score (nSPS) is 16.0. The Morgan fingerprint density at radius 2 is 1.90 bits per heavy atom. The van der Waals surface area contributed by atoms with Crippen molar-refractivity contribution >= 4 is 5.96 Å². The summed E-state index contributed by atoms with van der Waals surface area (Å²) in [6.07, 6.45) is 1.74. The summed E-state index contributed by atoms with van der Waals surface area (Å²) in [5, 5.41) is 6.83. The van der Waals surface area contributed by atoms with Crippen LogP contribution in [-0.4, -0.2) is 70.0 Å². The monoisotopic (exact) mass is 413 g/mol. The Morgan fingerprint density at radius 3 is 2.57 bits per heavy atom. The summed E-state index contributed by atoms with van der Waals surface area (Å²) in [6.45, 7) is 4.67. The largest absolute Gasteiger partial charge is 0.497 e. The fraction of sp³-hybridized carbons (Fsp3) is 0.455. The number of benzene rings is 1. The highest BCUT2D eigenvalue weighted by Crippen LogP contribution is 2.23. The standard InChI is InChI=1S/C22H31N5O3/c1-23-22(25-15-17-8-9-24-21(14-17)29-3)26-16-20(27-10-12-30-13-11-27)18-4-6-19(28-2)7-5-18/h4-9,14,20H,10-13,15-16H2,1-3H3,(H2,23,25,26). The lowest BCUT2D eigenvalue weighted by Crippen LogP contribution is -2.46. The summed E-state index contributed by atoms with van der Waals surface area (Å²) in [4.78, 5) is 11.0. The molecule has 1 aliphatic rings. The first-order valence-corrected chi connectivity index (χ1v) is 10.1. The van der Waals surface area contributed by atoms with Crippen molar-refractivity contribution in [2.24, 2.45) is 4.99 Å². The Labute approximate surface area is 178 Å². The van der Waals surface area contributed by atoms with E-state index in [1.165, 1.54) is 5.56 Å². The van der Waals surface area contributed by atoms with Crippen LogP contribution in [0.15, 0.2) is 47.6 Å². The molecule has 3 rings (SSSR count). The van der Waals surface area contributed by atoms with Crippen LogP contribution in [-0.2, 0) is 11.3 Å². The van der Waals surface area contributed by atoms with Crippen LogP contribution >= 0.6 is 0 Å². The smallest absolute Gasteiger partial charge is 0.213 e. The van der Waals surface area contributed by atoms with Crippen molar-refractivity contribution in [1.29, 1.82) is 0 Å². The molecule has 1 fully saturated rings. The predicted molar refractivity (Wildman–Crippen MR) is 117 cm³/mol. The van der Waals surface area contributed by atoms with Crippen LogP contribution in [0.2, 0.25) is 0 Å². The molecule has 1 saturated heterocycles. The summed E-state index contributed by atoms with van der Waals surface area (Å²) < 4.78 is 16.0. The van der Waals surface area contributed by atoms with Gasteiger partial charge in [-0.1, -0.05) is 12.1 Å². The van der Waals surface area contributed by atoms with Crippen LogP contribution in [0.25, 0.3) is 0 Å². The molecular formula is C22H31N5O3. The molecule has 2 N–H and O–H groups in total. The van der Waals surface area contributed by atoms with Gasteiger partial charge in [-0.15, -0.1) is 0 Å². The lowest BCUT2D eigenvalue weighted by atomic mass is 10.0. The first-order chi connectivity index (χ1) is 14.7. The number of nitrogens with zero attached hydrogens (tertiary/aromatic N) is 3. The molecule has 8 nitrogen and oxygen atoms in total. The Kier molecular flexibility index (Phi) is 8.29. The Balaban J connectivity index is 1.63. The number of aliphatic imine (C=N–C) groups is 1. The van der Waals surface area contributed by atoms with E-state index in [2.05, 4.69) is 37.6 Å². The number of morpholine rings is 1. The summed E-state index contributed by atoms with van der Waals surface area (Å²) >= 11 is 0. The van der Waals surface area contributed by atoms with E-state index in [-0.39, 0.29) is 6.04 Å². The average Bonchev–Trinajstić information content (AvgIpc) is 2.82. The first-order valence-electron chi connectivity index (χ1n) is 10.1. The van der Waals surface area contributed by atoms with Gasteiger partial charge >= 0.3 is 0 Å². The molecule has 0 bridgehead atoms. The maximum Gasteiger partial charge on any atom is 0.213 e. The SMILES string of the molecule is CN=C(NCc1ccnc(OC)c1)NCC(c1ccc(OC)cc1)N1CCOCC1. The van der Waals surface area contributed by atoms with Crippen molar-refractivity contribution in [1.82, 2.24) is 20.5 Å². The number of methoxy groups -OCH3 is 2. The van der Waals surface area contributed by atoms with Gasteiger partial charge in [0.2, 0.25) is 5.88 Å². The van der Waals surface area contributed by atoms with Crippen LogP contribution in [0.4, 0.5) is 0 Å². The highest BCUT2D eigenvalue weighted by atomic mass is 16.5. The zero-order chi connectivity index (χ0) is 21.2. The fourth-order valence-electron chi connectivity index (χ4n) is 3.44. The van der Waals surface area contributed by atoms with Gasteiger partial charge in [-0.05, 0) is 29.3 Å². The lowest BCUT2D eigenvalue weighted by Gasteiger charge is -2.35. The van der Waals surface area contributed by atoms with Crippen molar-refractivity contribution < 1.29 is 14.2 Å². The molecule has 1 aromatic heterocycles. The van der Waals surface area contributed by atoms with Crippen molar-refractivity contribution in [2.75, 3.05) is 54.1 Å². The molecule has 0 radical (unpaired) electrons. The van der Waals surface area contributed by atoms with Crippen molar-refractivity contribution in [3.63, 3.8) is 0 Å². The number of rotatable bonds is 8. The zero-order valence-corrected chi connectivity index (χ0v) is 17.9. The molecule has 8 heteroatoms. The second kappa shape index (κ2) is 11.4. The number of nitrogens with one attached hydrogen (secondary N) is 2. The minimum absolute atomic E-state index is 0.208. The summed E-state index contributed by atoms with van der Waals surface area (Å²) in [6, 6.07) is 12.3. The number of hydrogen-bond donors (Lipinski definition) is 2. The molecule has 1 atom stereocenters. The molecule has 2 aromatic rings. The average molecular weight is 414 g/mol. The summed E-state index contributed by atoms with van der Waals surface area (Å²) in [5.74, 6) is 2.21. The third kappa shape index (κ3) is 6.08. The van der Waals surface area contributed by atoms with Gasteiger partial charge < -0.3 is 24.8 Å². The molecule has 1 unspecified atom stereocenters. The molecule has 2 heterocycles. The maximum absolute atomic E-state index is 5.54. The number of ether oxygens (including phenoxy) is 3. The van der Waals surface area contributed by atoms with E-state index < -0.39 is 0 Å². The number of pyridine rings is 1. The van der Waals surface area contributed by atoms with Crippen LogP contribution in [0.3, 0.4) is 0 Å². The van der Waals surface area contributed by atoms with Gasteiger partial charge in [-0.2, -0.15) is 0 Å². The van der Waals surface area contributed by atoms with Crippen LogP contribution < -0.4 is 20.1 Å². The van der Waals surface area contributed by atoms with E-state index >= 15 is 0 Å². The number of hydrogen-bond acceptors (Lipinski definition) is 6. The molecular weight excluding hydrogens is 382 g/mol. The maximum atomic E-state index is 5.54. The minimum atomic E-state index is 0.208. The molecule has 1 aliphatic heterocycles. The molecule has 0 spiro atoms. The number of aromatic nitrogens is 1. The van der Waals surface area contributed by atoms with Gasteiger partial charge in [0.15, 0.2) is 5.96 Å². The Hall–Kier alpha value is -2.84. The molecule has 0 saturated carbocycles. The fourth-order valence-corrected chi connectivity index (χ4v) is 3.44. The molecule has 30 heavy (non-hydrogen) atoms. The topological polar surface area (TPSA) is 80.2 Å². The number of guanidine groups is 1. The molecule has 162 valence electrons. The quantitative estimate of drug-likeness (QED) is 0.505. The van der Waals surface area contributed by atoms with Crippen molar-refractivity contribution in [2.45, 2.75) is 12.6 Å². The van der Waals surface area contributed by atoms with E-state index in [1.54, 1.807) is 27.5 Å². The highest BCUT2D eigenvalue weighted by molar-refractivity contribution is 5.79. The van der Waals surface area contributed by atoms with Gasteiger partial charge in [0.25, 0.3) is 0 Å². The second-order valence-corrected chi connectivity index (χ2v) is 6.95. The van der Waals surface area contributed by atoms with Crippen molar-refractivity contribution in [3.05, 3.63) is 53.7 Å². The van der Waals surface area contributed by atoms with Crippen LogP contribution in [0, 0.1) is 0 Å². The van der Waals surface area contributed by atoms with E-state index in [0.717, 1.165) is 50.1 Å². The first kappa shape index (κ1) is 21.9. The minimum Gasteiger partial charge on any atom is -0.497 e. The predicted octanol–water partition coefficient (Wildman–Crippen LogP) is 1.84. The van der Waals surface area contributed by atoms with E-state index in [0.29, 0.717) is 12.4 Å². The molecule has 1 aromatic carbocycles. The van der Waals surface area contributed by atoms with Crippen molar-refractivity contribution in [3.8, 4) is 11.6 Å². The van der Waals surface area contributed by atoms with Crippen LogP contribution in [0.1, 0.15) is 17.2 Å².